The predicted octanol–water partition coefficient (Wildman–Crippen LogP) is 2.00. The molecule has 18 heavy (non-hydrogen) atoms. The maximum Gasteiger partial charge on any atom is 0.258 e. The Balaban J connectivity index is 2.18. The fourth-order valence-electron chi connectivity index (χ4n) is 1.46. The zero-order valence-corrected chi connectivity index (χ0v) is 9.72. The number of aromatic hydroxyl groups is 1. The van der Waals surface area contributed by atoms with Gasteiger partial charge in [0.25, 0.3) is 5.91 Å². The number of aryl methyl sites for hydroxylation is 1. The van der Waals surface area contributed by atoms with Gasteiger partial charge in [-0.25, -0.2) is 4.39 Å². The fourth-order valence-corrected chi connectivity index (χ4v) is 1.46. The van der Waals surface area contributed by atoms with Crippen molar-refractivity contribution in [2.24, 2.45) is 0 Å². The van der Waals surface area contributed by atoms with Gasteiger partial charge < -0.3 is 10.4 Å². The summed E-state index contributed by atoms with van der Waals surface area (Å²) in [5.41, 5.74) is 0.379. The Kier molecular flexibility index (Phi) is 3.27. The number of phenolic OH excluding ortho intramolecular Hbond substituents is 1. The predicted molar refractivity (Wildman–Crippen MR) is 63.9 cm³/mol. The summed E-state index contributed by atoms with van der Waals surface area (Å²) in [6.45, 7) is 2.55. The van der Waals surface area contributed by atoms with Crippen LogP contribution in [0.2, 0.25) is 0 Å². The first kappa shape index (κ1) is 12.1. The largest absolute Gasteiger partial charge is 0.506 e. The molecule has 0 aliphatic rings. The molecule has 0 fully saturated rings. The number of rotatable bonds is 3. The standard InChI is InChI=1S/C12H12FN3O2/c1-2-16-7-8(6-14-16)12(18)15-10-5-9(13)3-4-11(10)17/h3-7,17H,2H2,1H3,(H,15,18). The summed E-state index contributed by atoms with van der Waals surface area (Å²) in [4.78, 5) is 11.8. The van der Waals surface area contributed by atoms with Gasteiger partial charge in [-0.15, -0.1) is 0 Å². The second-order valence-corrected chi connectivity index (χ2v) is 3.70. The highest BCUT2D eigenvalue weighted by Gasteiger charge is 2.11. The van der Waals surface area contributed by atoms with Crippen LogP contribution in [-0.4, -0.2) is 20.8 Å². The number of benzene rings is 1. The highest BCUT2D eigenvalue weighted by molar-refractivity contribution is 6.04. The van der Waals surface area contributed by atoms with E-state index < -0.39 is 11.7 Å². The smallest absolute Gasteiger partial charge is 0.258 e. The number of amides is 1. The lowest BCUT2D eigenvalue weighted by Gasteiger charge is -2.05. The van der Waals surface area contributed by atoms with E-state index in [2.05, 4.69) is 10.4 Å². The Labute approximate surface area is 103 Å². The normalized spacial score (nSPS) is 10.3. The van der Waals surface area contributed by atoms with Gasteiger partial charge in [-0.3, -0.25) is 9.48 Å². The average Bonchev–Trinajstić information content (AvgIpc) is 2.82. The van der Waals surface area contributed by atoms with Gasteiger partial charge in [0.05, 0.1) is 17.4 Å². The van der Waals surface area contributed by atoms with Crippen molar-refractivity contribution in [3.05, 3.63) is 42.0 Å². The van der Waals surface area contributed by atoms with Crippen LogP contribution in [0.25, 0.3) is 0 Å². The van der Waals surface area contributed by atoms with Gasteiger partial charge in [0.2, 0.25) is 0 Å². The zero-order valence-electron chi connectivity index (χ0n) is 9.72. The maximum absolute atomic E-state index is 13.0. The molecule has 6 heteroatoms. The monoisotopic (exact) mass is 249 g/mol. The van der Waals surface area contributed by atoms with Crippen LogP contribution in [-0.2, 0) is 6.54 Å². The summed E-state index contributed by atoms with van der Waals surface area (Å²) >= 11 is 0. The second-order valence-electron chi connectivity index (χ2n) is 3.70. The van der Waals surface area contributed by atoms with Gasteiger partial charge in [0, 0.05) is 18.8 Å². The molecule has 1 heterocycles. The lowest BCUT2D eigenvalue weighted by atomic mass is 10.2. The fraction of sp³-hybridized carbons (Fsp3) is 0.167. The van der Waals surface area contributed by atoms with Gasteiger partial charge in [0.1, 0.15) is 11.6 Å². The van der Waals surface area contributed by atoms with E-state index in [1.54, 1.807) is 10.9 Å². The number of aromatic nitrogens is 2. The first-order valence-electron chi connectivity index (χ1n) is 5.42. The highest BCUT2D eigenvalue weighted by atomic mass is 19.1. The minimum absolute atomic E-state index is 0.0317. The molecule has 2 N–H and O–H groups in total. The lowest BCUT2D eigenvalue weighted by molar-refractivity contribution is 0.102. The van der Waals surface area contributed by atoms with Crippen LogP contribution in [0.3, 0.4) is 0 Å². The molecule has 0 aliphatic heterocycles. The molecule has 0 radical (unpaired) electrons. The summed E-state index contributed by atoms with van der Waals surface area (Å²) in [6, 6.07) is 3.35. The number of phenols is 1. The molecule has 5 nitrogen and oxygen atoms in total. The molecule has 2 rings (SSSR count). The van der Waals surface area contributed by atoms with E-state index >= 15 is 0 Å². The van der Waals surface area contributed by atoms with Crippen molar-refractivity contribution < 1.29 is 14.3 Å². The lowest BCUT2D eigenvalue weighted by Crippen LogP contribution is -2.11. The summed E-state index contributed by atoms with van der Waals surface area (Å²) in [5, 5.41) is 15.9. The average molecular weight is 249 g/mol. The summed E-state index contributed by atoms with van der Waals surface area (Å²) < 4.78 is 14.6. The number of anilines is 1. The van der Waals surface area contributed by atoms with Gasteiger partial charge in [0.15, 0.2) is 0 Å². The molecule has 0 saturated heterocycles. The first-order chi connectivity index (χ1) is 8.60. The van der Waals surface area contributed by atoms with E-state index in [-0.39, 0.29) is 11.4 Å². The van der Waals surface area contributed by atoms with Crippen LogP contribution in [0.4, 0.5) is 10.1 Å². The molecule has 0 saturated carbocycles. The number of carbonyl (C=O) groups is 1. The van der Waals surface area contributed by atoms with Crippen molar-refractivity contribution in [1.29, 1.82) is 0 Å². The van der Waals surface area contributed by atoms with Crippen molar-refractivity contribution in [1.82, 2.24) is 9.78 Å². The van der Waals surface area contributed by atoms with Crippen molar-refractivity contribution in [2.45, 2.75) is 13.5 Å². The van der Waals surface area contributed by atoms with Crippen LogP contribution in [0.15, 0.2) is 30.6 Å². The number of halogens is 1. The first-order valence-corrected chi connectivity index (χ1v) is 5.42. The molecule has 0 spiro atoms. The highest BCUT2D eigenvalue weighted by Crippen LogP contribution is 2.23. The Morgan fingerprint density at radius 3 is 3.00 bits per heavy atom. The Morgan fingerprint density at radius 2 is 2.33 bits per heavy atom. The number of hydrogen-bond acceptors (Lipinski definition) is 3. The minimum atomic E-state index is -0.535. The molecule has 0 atom stereocenters. The zero-order chi connectivity index (χ0) is 13.1. The third kappa shape index (κ3) is 2.48. The van der Waals surface area contributed by atoms with E-state index in [9.17, 15) is 14.3 Å². The molecule has 0 unspecified atom stereocenters. The Morgan fingerprint density at radius 1 is 1.56 bits per heavy atom. The molecular formula is C12H12FN3O2. The van der Waals surface area contributed by atoms with Crippen molar-refractivity contribution in [2.75, 3.05) is 5.32 Å². The Hall–Kier alpha value is -2.37. The van der Waals surface area contributed by atoms with Crippen LogP contribution >= 0.6 is 0 Å². The third-order valence-electron chi connectivity index (χ3n) is 2.43. The van der Waals surface area contributed by atoms with Gasteiger partial charge in [-0.1, -0.05) is 0 Å². The van der Waals surface area contributed by atoms with Crippen molar-refractivity contribution >= 4 is 11.6 Å². The van der Waals surface area contributed by atoms with E-state index in [1.807, 2.05) is 6.92 Å². The summed E-state index contributed by atoms with van der Waals surface area (Å²) in [5.74, 6) is -1.17. The van der Waals surface area contributed by atoms with Crippen LogP contribution in [0, 0.1) is 5.82 Å². The molecule has 2 aromatic rings. The van der Waals surface area contributed by atoms with E-state index in [1.165, 1.54) is 12.3 Å². The topological polar surface area (TPSA) is 67.2 Å². The van der Waals surface area contributed by atoms with Gasteiger partial charge in [-0.05, 0) is 19.1 Å². The molecule has 1 amide bonds. The second kappa shape index (κ2) is 4.87. The Bertz CT molecular complexity index is 580. The minimum Gasteiger partial charge on any atom is -0.506 e. The van der Waals surface area contributed by atoms with Gasteiger partial charge >= 0.3 is 0 Å². The van der Waals surface area contributed by atoms with Gasteiger partial charge in [-0.2, -0.15) is 5.10 Å². The summed E-state index contributed by atoms with van der Waals surface area (Å²) in [6.07, 6.45) is 2.99. The maximum atomic E-state index is 13.0. The summed E-state index contributed by atoms with van der Waals surface area (Å²) in [7, 11) is 0. The van der Waals surface area contributed by atoms with Crippen molar-refractivity contribution in [3.8, 4) is 5.75 Å². The van der Waals surface area contributed by atoms with E-state index in [0.29, 0.717) is 12.1 Å². The van der Waals surface area contributed by atoms with Crippen LogP contribution in [0.5, 0.6) is 5.75 Å². The SMILES string of the molecule is CCn1cc(C(=O)Nc2cc(F)ccc2O)cn1. The van der Waals surface area contributed by atoms with E-state index in [0.717, 1.165) is 12.1 Å². The van der Waals surface area contributed by atoms with Crippen molar-refractivity contribution in [3.63, 3.8) is 0 Å². The van der Waals surface area contributed by atoms with Crippen LogP contribution in [0.1, 0.15) is 17.3 Å². The molecule has 1 aromatic carbocycles. The molecule has 0 aliphatic carbocycles. The van der Waals surface area contributed by atoms with Crippen LogP contribution < -0.4 is 5.32 Å². The number of hydrogen-bond donors (Lipinski definition) is 2. The molecule has 0 bridgehead atoms. The quantitative estimate of drug-likeness (QED) is 0.817. The number of nitrogens with zero attached hydrogens (tertiary/aromatic N) is 2. The number of carbonyl (C=O) groups excluding carboxylic acids is 1. The van der Waals surface area contributed by atoms with E-state index in [4.69, 9.17) is 0 Å². The molecular weight excluding hydrogens is 237 g/mol. The molecule has 1 aromatic heterocycles. The number of nitrogens with one attached hydrogen (secondary N) is 1. The third-order valence-corrected chi connectivity index (χ3v) is 2.43. The molecule has 94 valence electrons.